The second-order valence-electron chi connectivity index (χ2n) is 6.72. The quantitative estimate of drug-likeness (QED) is 0.598. The average Bonchev–Trinajstić information content (AvgIpc) is 2.71. The van der Waals surface area contributed by atoms with Crippen LogP contribution in [0, 0.1) is 6.92 Å². The number of hydrogen-bond donors (Lipinski definition) is 2. The second-order valence-corrected chi connectivity index (χ2v) is 8.05. The molecule has 7 heteroatoms. The zero-order chi connectivity index (χ0) is 20.4. The first-order chi connectivity index (χ1) is 13.5. The van der Waals surface area contributed by atoms with Gasteiger partial charge in [0.2, 0.25) is 11.8 Å². The SMILES string of the molecule is Cc1ccc(NC(=O)CSC(C)C(=O)N(CCN)CCc2ccccc2)cc1.Cl. The molecular formula is C22H30ClN3O2S. The Kier molecular flexibility index (Phi) is 11.4. The molecule has 1 atom stereocenters. The topological polar surface area (TPSA) is 75.4 Å². The number of rotatable bonds is 10. The van der Waals surface area contributed by atoms with Crippen LogP contribution in [0.2, 0.25) is 0 Å². The van der Waals surface area contributed by atoms with Crippen LogP contribution in [0.25, 0.3) is 0 Å². The van der Waals surface area contributed by atoms with Crippen LogP contribution in [-0.4, -0.2) is 47.4 Å². The first-order valence-electron chi connectivity index (χ1n) is 9.50. The standard InChI is InChI=1S/C22H29N3O2S.ClH/c1-17-8-10-20(11-9-17)24-21(26)16-28-18(2)22(27)25(15-13-23)14-12-19-6-4-3-5-7-19;/h3-11,18H,12-16,23H2,1-2H3,(H,24,26);1H. The summed E-state index contributed by atoms with van der Waals surface area (Å²) in [7, 11) is 0. The van der Waals surface area contributed by atoms with Gasteiger partial charge in [-0.1, -0.05) is 48.0 Å². The van der Waals surface area contributed by atoms with E-state index in [4.69, 9.17) is 5.73 Å². The van der Waals surface area contributed by atoms with Crippen LogP contribution < -0.4 is 11.1 Å². The zero-order valence-electron chi connectivity index (χ0n) is 17.0. The van der Waals surface area contributed by atoms with Gasteiger partial charge in [-0.2, -0.15) is 0 Å². The summed E-state index contributed by atoms with van der Waals surface area (Å²) < 4.78 is 0. The van der Waals surface area contributed by atoms with Gasteiger partial charge in [-0.25, -0.2) is 0 Å². The van der Waals surface area contributed by atoms with Crippen molar-refractivity contribution < 1.29 is 9.59 Å². The third-order valence-electron chi connectivity index (χ3n) is 4.37. The number of halogens is 1. The Balaban J connectivity index is 0.00000420. The van der Waals surface area contributed by atoms with E-state index in [1.54, 1.807) is 4.90 Å². The van der Waals surface area contributed by atoms with Crippen LogP contribution in [0.15, 0.2) is 54.6 Å². The lowest BCUT2D eigenvalue weighted by Crippen LogP contribution is -2.41. The first kappa shape index (κ1) is 25.0. The predicted molar refractivity (Wildman–Crippen MR) is 125 cm³/mol. The van der Waals surface area contributed by atoms with Crippen molar-refractivity contribution in [1.82, 2.24) is 4.90 Å². The summed E-state index contributed by atoms with van der Waals surface area (Å²) >= 11 is 1.35. The second kappa shape index (κ2) is 13.2. The van der Waals surface area contributed by atoms with Crippen molar-refractivity contribution in [2.75, 3.05) is 30.7 Å². The average molecular weight is 436 g/mol. The van der Waals surface area contributed by atoms with E-state index < -0.39 is 0 Å². The molecule has 0 heterocycles. The molecule has 0 aliphatic rings. The molecule has 0 bridgehead atoms. The van der Waals surface area contributed by atoms with Gasteiger partial charge in [0.15, 0.2) is 0 Å². The smallest absolute Gasteiger partial charge is 0.235 e. The van der Waals surface area contributed by atoms with E-state index in [2.05, 4.69) is 17.4 Å². The number of amides is 2. The van der Waals surface area contributed by atoms with Gasteiger partial charge in [-0.05, 0) is 38.0 Å². The summed E-state index contributed by atoms with van der Waals surface area (Å²) in [6.07, 6.45) is 0.790. The van der Waals surface area contributed by atoms with Gasteiger partial charge >= 0.3 is 0 Å². The number of nitrogens with one attached hydrogen (secondary N) is 1. The minimum Gasteiger partial charge on any atom is -0.340 e. The van der Waals surface area contributed by atoms with E-state index in [0.717, 1.165) is 17.7 Å². The highest BCUT2D eigenvalue weighted by Gasteiger charge is 2.21. The molecule has 3 N–H and O–H groups in total. The Bertz CT molecular complexity index is 756. The molecule has 2 aromatic carbocycles. The third-order valence-corrected chi connectivity index (χ3v) is 5.50. The number of carbonyl (C=O) groups excluding carboxylic acids is 2. The van der Waals surface area contributed by atoms with Gasteiger partial charge in [0, 0.05) is 25.3 Å². The van der Waals surface area contributed by atoms with Crippen LogP contribution in [-0.2, 0) is 16.0 Å². The normalized spacial score (nSPS) is 11.3. The van der Waals surface area contributed by atoms with E-state index >= 15 is 0 Å². The summed E-state index contributed by atoms with van der Waals surface area (Å²) in [5.41, 5.74) is 8.79. The lowest BCUT2D eigenvalue weighted by molar-refractivity contribution is -0.130. The fourth-order valence-electron chi connectivity index (χ4n) is 2.76. The highest BCUT2D eigenvalue weighted by Crippen LogP contribution is 2.16. The molecule has 5 nitrogen and oxygen atoms in total. The van der Waals surface area contributed by atoms with Crippen molar-refractivity contribution in [1.29, 1.82) is 0 Å². The Labute approximate surface area is 183 Å². The van der Waals surface area contributed by atoms with Crippen molar-refractivity contribution in [3.63, 3.8) is 0 Å². The van der Waals surface area contributed by atoms with E-state index in [-0.39, 0.29) is 35.2 Å². The lowest BCUT2D eigenvalue weighted by Gasteiger charge is -2.25. The molecule has 2 amide bonds. The van der Waals surface area contributed by atoms with Crippen LogP contribution in [0.5, 0.6) is 0 Å². The molecule has 0 fully saturated rings. The van der Waals surface area contributed by atoms with E-state index in [1.807, 2.05) is 56.3 Å². The molecule has 2 aromatic rings. The van der Waals surface area contributed by atoms with Crippen molar-refractivity contribution in [3.05, 3.63) is 65.7 Å². The molecular weight excluding hydrogens is 406 g/mol. The molecule has 0 aromatic heterocycles. The van der Waals surface area contributed by atoms with E-state index in [9.17, 15) is 9.59 Å². The Morgan fingerprint density at radius 3 is 2.34 bits per heavy atom. The highest BCUT2D eigenvalue weighted by molar-refractivity contribution is 8.01. The highest BCUT2D eigenvalue weighted by atomic mass is 35.5. The minimum absolute atomic E-state index is 0. The van der Waals surface area contributed by atoms with Crippen molar-refractivity contribution in [2.24, 2.45) is 5.73 Å². The number of aryl methyl sites for hydroxylation is 1. The first-order valence-corrected chi connectivity index (χ1v) is 10.6. The zero-order valence-corrected chi connectivity index (χ0v) is 18.6. The fraction of sp³-hybridized carbons (Fsp3) is 0.364. The Hall–Kier alpha value is -2.02. The maximum atomic E-state index is 12.8. The summed E-state index contributed by atoms with van der Waals surface area (Å²) in [4.78, 5) is 26.7. The maximum Gasteiger partial charge on any atom is 0.235 e. The third kappa shape index (κ3) is 8.90. The van der Waals surface area contributed by atoms with Gasteiger partial charge in [0.25, 0.3) is 0 Å². The number of carbonyl (C=O) groups is 2. The van der Waals surface area contributed by atoms with Crippen molar-refractivity contribution in [2.45, 2.75) is 25.5 Å². The minimum atomic E-state index is -0.300. The molecule has 0 aliphatic carbocycles. The Morgan fingerprint density at radius 1 is 1.07 bits per heavy atom. The Morgan fingerprint density at radius 2 is 1.72 bits per heavy atom. The number of anilines is 1. The van der Waals surface area contributed by atoms with Crippen LogP contribution >= 0.6 is 24.2 Å². The fourth-order valence-corrected chi connectivity index (χ4v) is 3.53. The van der Waals surface area contributed by atoms with Gasteiger partial charge in [0.1, 0.15) is 0 Å². The molecule has 2 rings (SSSR count). The van der Waals surface area contributed by atoms with Crippen molar-refractivity contribution >= 4 is 41.7 Å². The van der Waals surface area contributed by atoms with Gasteiger partial charge < -0.3 is 16.0 Å². The summed E-state index contributed by atoms with van der Waals surface area (Å²) in [6.45, 7) is 5.41. The molecule has 158 valence electrons. The molecule has 0 aliphatic heterocycles. The van der Waals surface area contributed by atoms with Gasteiger partial charge in [-0.3, -0.25) is 9.59 Å². The largest absolute Gasteiger partial charge is 0.340 e. The molecule has 0 saturated carbocycles. The molecule has 0 saturated heterocycles. The van der Waals surface area contributed by atoms with E-state index in [0.29, 0.717) is 19.6 Å². The van der Waals surface area contributed by atoms with Gasteiger partial charge in [-0.15, -0.1) is 24.2 Å². The van der Waals surface area contributed by atoms with Crippen LogP contribution in [0.3, 0.4) is 0 Å². The summed E-state index contributed by atoms with van der Waals surface area (Å²) in [6, 6.07) is 17.7. The number of hydrogen-bond acceptors (Lipinski definition) is 4. The van der Waals surface area contributed by atoms with Crippen molar-refractivity contribution in [3.8, 4) is 0 Å². The molecule has 29 heavy (non-hydrogen) atoms. The summed E-state index contributed by atoms with van der Waals surface area (Å²) in [5, 5.41) is 2.56. The molecule has 0 spiro atoms. The summed E-state index contributed by atoms with van der Waals surface area (Å²) in [5.74, 6) is 0.147. The van der Waals surface area contributed by atoms with E-state index in [1.165, 1.54) is 17.3 Å². The maximum absolute atomic E-state index is 12.8. The number of thioether (sulfide) groups is 1. The number of benzene rings is 2. The number of nitrogens with zero attached hydrogens (tertiary/aromatic N) is 1. The number of nitrogens with two attached hydrogens (primary N) is 1. The predicted octanol–water partition coefficient (Wildman–Crippen LogP) is 3.51. The monoisotopic (exact) mass is 435 g/mol. The molecule has 1 unspecified atom stereocenters. The molecule has 0 radical (unpaired) electrons. The lowest BCUT2D eigenvalue weighted by atomic mass is 10.1. The van der Waals surface area contributed by atoms with Crippen LogP contribution in [0.4, 0.5) is 5.69 Å². The van der Waals surface area contributed by atoms with Crippen LogP contribution in [0.1, 0.15) is 18.1 Å². The van der Waals surface area contributed by atoms with Gasteiger partial charge in [0.05, 0.1) is 11.0 Å².